The standard InChI is InChI=1S/C11H8BrFO2S2/c12-11-6-5-8(16-11)7-17(14,15)10-4-2-1-3-9(10)13/h1-6H,7H2. The van der Waals surface area contributed by atoms with Crippen LogP contribution < -0.4 is 0 Å². The average molecular weight is 335 g/mol. The Morgan fingerprint density at radius 3 is 2.47 bits per heavy atom. The number of sulfone groups is 1. The zero-order chi connectivity index (χ0) is 12.5. The van der Waals surface area contributed by atoms with Gasteiger partial charge in [-0.2, -0.15) is 0 Å². The molecule has 17 heavy (non-hydrogen) atoms. The van der Waals surface area contributed by atoms with Crippen LogP contribution in [0.1, 0.15) is 4.88 Å². The van der Waals surface area contributed by atoms with Crippen molar-refractivity contribution in [3.05, 3.63) is 50.9 Å². The third kappa shape index (κ3) is 2.94. The van der Waals surface area contributed by atoms with Crippen molar-refractivity contribution in [1.82, 2.24) is 0 Å². The van der Waals surface area contributed by atoms with E-state index in [0.717, 1.165) is 9.85 Å². The predicted molar refractivity (Wildman–Crippen MR) is 69.3 cm³/mol. The van der Waals surface area contributed by atoms with Crippen molar-refractivity contribution in [3.63, 3.8) is 0 Å². The fourth-order valence-corrected chi connectivity index (χ4v) is 4.65. The topological polar surface area (TPSA) is 34.1 Å². The number of benzene rings is 1. The normalized spacial score (nSPS) is 11.6. The van der Waals surface area contributed by atoms with Crippen LogP contribution in [-0.2, 0) is 15.6 Å². The van der Waals surface area contributed by atoms with Gasteiger partial charge in [-0.05, 0) is 40.2 Å². The van der Waals surface area contributed by atoms with E-state index in [1.807, 2.05) is 0 Å². The van der Waals surface area contributed by atoms with Gasteiger partial charge in [-0.3, -0.25) is 0 Å². The van der Waals surface area contributed by atoms with Gasteiger partial charge in [0.05, 0.1) is 9.54 Å². The molecule has 0 fully saturated rings. The third-order valence-electron chi connectivity index (χ3n) is 2.13. The van der Waals surface area contributed by atoms with E-state index in [9.17, 15) is 12.8 Å². The molecule has 0 N–H and O–H groups in total. The summed E-state index contributed by atoms with van der Waals surface area (Å²) < 4.78 is 38.2. The Morgan fingerprint density at radius 2 is 1.88 bits per heavy atom. The lowest BCUT2D eigenvalue weighted by atomic mass is 10.3. The summed E-state index contributed by atoms with van der Waals surface area (Å²) in [5.41, 5.74) is 0. The Balaban J connectivity index is 2.35. The first-order valence-corrected chi connectivity index (χ1v) is 7.97. The number of hydrogen-bond donors (Lipinski definition) is 0. The van der Waals surface area contributed by atoms with E-state index >= 15 is 0 Å². The highest BCUT2D eigenvalue weighted by Gasteiger charge is 2.19. The van der Waals surface area contributed by atoms with E-state index in [0.29, 0.717) is 4.88 Å². The second kappa shape index (κ2) is 4.88. The Labute approximate surface area is 111 Å². The largest absolute Gasteiger partial charge is 0.223 e. The lowest BCUT2D eigenvalue weighted by molar-refractivity contribution is 0.566. The molecule has 0 aliphatic carbocycles. The molecule has 0 atom stereocenters. The second-order valence-corrected chi connectivity index (χ2v) is 7.90. The van der Waals surface area contributed by atoms with Gasteiger partial charge in [0.25, 0.3) is 0 Å². The minimum Gasteiger partial charge on any atom is -0.223 e. The summed E-state index contributed by atoms with van der Waals surface area (Å²) in [7, 11) is -3.62. The fourth-order valence-electron chi connectivity index (χ4n) is 1.39. The summed E-state index contributed by atoms with van der Waals surface area (Å²) in [5.74, 6) is -0.882. The van der Waals surface area contributed by atoms with E-state index in [-0.39, 0.29) is 10.6 Å². The summed E-state index contributed by atoms with van der Waals surface area (Å²) in [5, 5.41) is 0. The summed E-state index contributed by atoms with van der Waals surface area (Å²) in [6.45, 7) is 0. The van der Waals surface area contributed by atoms with Crippen LogP contribution in [0.4, 0.5) is 4.39 Å². The van der Waals surface area contributed by atoms with Gasteiger partial charge in [0, 0.05) is 4.88 Å². The van der Waals surface area contributed by atoms with Crippen LogP contribution in [0.15, 0.2) is 45.1 Å². The van der Waals surface area contributed by atoms with E-state index in [1.54, 1.807) is 12.1 Å². The van der Waals surface area contributed by atoms with Crippen LogP contribution in [0, 0.1) is 5.82 Å². The van der Waals surface area contributed by atoms with Crippen molar-refractivity contribution in [3.8, 4) is 0 Å². The van der Waals surface area contributed by atoms with Gasteiger partial charge in [-0.1, -0.05) is 12.1 Å². The first kappa shape index (κ1) is 12.7. The molecule has 1 aromatic heterocycles. The number of halogens is 2. The molecule has 0 spiro atoms. The second-order valence-electron chi connectivity index (χ2n) is 3.40. The minimum absolute atomic E-state index is 0.176. The smallest absolute Gasteiger partial charge is 0.186 e. The Bertz CT molecular complexity index is 634. The monoisotopic (exact) mass is 334 g/mol. The highest BCUT2D eigenvalue weighted by atomic mass is 79.9. The van der Waals surface area contributed by atoms with Crippen LogP contribution in [0.5, 0.6) is 0 Å². The maximum atomic E-state index is 13.4. The van der Waals surface area contributed by atoms with Crippen molar-refractivity contribution in [2.45, 2.75) is 10.6 Å². The summed E-state index contributed by atoms with van der Waals surface area (Å²) in [6, 6.07) is 8.91. The molecule has 0 saturated heterocycles. The maximum absolute atomic E-state index is 13.4. The third-order valence-corrected chi connectivity index (χ3v) is 5.63. The van der Waals surface area contributed by atoms with Gasteiger partial charge in [-0.15, -0.1) is 11.3 Å². The Kier molecular flexibility index (Phi) is 3.65. The molecular formula is C11H8BrFO2S2. The zero-order valence-corrected chi connectivity index (χ0v) is 11.8. The molecule has 1 heterocycles. The van der Waals surface area contributed by atoms with Gasteiger partial charge in [0.1, 0.15) is 10.7 Å². The van der Waals surface area contributed by atoms with Crippen molar-refractivity contribution in [1.29, 1.82) is 0 Å². The van der Waals surface area contributed by atoms with Crippen LogP contribution in [0.3, 0.4) is 0 Å². The SMILES string of the molecule is O=S(=O)(Cc1ccc(Br)s1)c1ccccc1F. The van der Waals surface area contributed by atoms with E-state index in [1.165, 1.54) is 29.5 Å². The zero-order valence-electron chi connectivity index (χ0n) is 8.56. The maximum Gasteiger partial charge on any atom is 0.186 e. The lowest BCUT2D eigenvalue weighted by Crippen LogP contribution is -2.06. The lowest BCUT2D eigenvalue weighted by Gasteiger charge is -2.03. The van der Waals surface area contributed by atoms with Crippen molar-refractivity contribution < 1.29 is 12.8 Å². The van der Waals surface area contributed by atoms with Crippen LogP contribution in [0.25, 0.3) is 0 Å². The predicted octanol–water partition coefficient (Wildman–Crippen LogP) is 3.62. The molecule has 6 heteroatoms. The Morgan fingerprint density at radius 1 is 1.18 bits per heavy atom. The number of thiophene rings is 1. The molecule has 0 aliphatic heterocycles. The summed E-state index contributed by atoms with van der Waals surface area (Å²) >= 11 is 4.59. The van der Waals surface area contributed by atoms with Crippen molar-refractivity contribution >= 4 is 37.1 Å². The molecule has 0 amide bonds. The first-order valence-electron chi connectivity index (χ1n) is 4.70. The molecule has 2 aromatic rings. The van der Waals surface area contributed by atoms with E-state index in [4.69, 9.17) is 0 Å². The Hall–Kier alpha value is -0.720. The molecule has 0 saturated carbocycles. The fraction of sp³-hybridized carbons (Fsp3) is 0.0909. The van der Waals surface area contributed by atoms with Crippen LogP contribution in [-0.4, -0.2) is 8.42 Å². The van der Waals surface area contributed by atoms with Crippen LogP contribution in [0.2, 0.25) is 0 Å². The van der Waals surface area contributed by atoms with E-state index in [2.05, 4.69) is 15.9 Å². The summed E-state index contributed by atoms with van der Waals surface area (Å²) in [4.78, 5) is 0.435. The molecule has 2 rings (SSSR count). The highest BCUT2D eigenvalue weighted by Crippen LogP contribution is 2.26. The molecule has 0 unspecified atom stereocenters. The van der Waals surface area contributed by atoms with Gasteiger partial charge < -0.3 is 0 Å². The molecule has 0 aliphatic rings. The van der Waals surface area contributed by atoms with Gasteiger partial charge in [0.15, 0.2) is 9.84 Å². The van der Waals surface area contributed by atoms with E-state index < -0.39 is 15.7 Å². The quantitative estimate of drug-likeness (QED) is 0.858. The molecule has 2 nitrogen and oxygen atoms in total. The van der Waals surface area contributed by atoms with Crippen molar-refractivity contribution in [2.75, 3.05) is 0 Å². The molecule has 0 radical (unpaired) electrons. The van der Waals surface area contributed by atoms with Crippen LogP contribution >= 0.6 is 27.3 Å². The first-order chi connectivity index (χ1) is 7.99. The summed E-state index contributed by atoms with van der Waals surface area (Å²) in [6.07, 6.45) is 0. The molecule has 0 bridgehead atoms. The van der Waals surface area contributed by atoms with Crippen molar-refractivity contribution in [2.24, 2.45) is 0 Å². The highest BCUT2D eigenvalue weighted by molar-refractivity contribution is 9.11. The molecular weight excluding hydrogens is 327 g/mol. The molecule has 90 valence electrons. The average Bonchev–Trinajstić information content (AvgIpc) is 2.63. The molecule has 1 aromatic carbocycles. The number of rotatable bonds is 3. The van der Waals surface area contributed by atoms with Gasteiger partial charge >= 0.3 is 0 Å². The van der Waals surface area contributed by atoms with Gasteiger partial charge in [-0.25, -0.2) is 12.8 Å². The number of hydrogen-bond acceptors (Lipinski definition) is 3. The minimum atomic E-state index is -3.62. The van der Waals surface area contributed by atoms with Gasteiger partial charge in [0.2, 0.25) is 0 Å².